The number of aromatic nitrogens is 4. The lowest BCUT2D eigenvalue weighted by Crippen LogP contribution is -2.24. The van der Waals surface area contributed by atoms with E-state index in [1.165, 1.54) is 11.0 Å². The molecule has 0 bridgehead atoms. The summed E-state index contributed by atoms with van der Waals surface area (Å²) >= 11 is 0. The molecule has 0 fully saturated rings. The molecule has 4 aromatic rings. The third kappa shape index (κ3) is 3.70. The first-order valence-corrected chi connectivity index (χ1v) is 8.56. The van der Waals surface area contributed by atoms with E-state index in [9.17, 15) is 9.90 Å². The molecule has 0 aliphatic carbocycles. The first-order chi connectivity index (χ1) is 13.7. The first-order valence-electron chi connectivity index (χ1n) is 8.56. The number of aromatic hydroxyl groups is 1. The van der Waals surface area contributed by atoms with Crippen molar-refractivity contribution in [3.05, 3.63) is 72.3 Å². The molecule has 28 heavy (non-hydrogen) atoms. The zero-order valence-corrected chi connectivity index (χ0v) is 14.7. The highest BCUT2D eigenvalue weighted by atomic mass is 16.3. The number of nitrogens with zero attached hydrogens (tertiary/aromatic N) is 5. The van der Waals surface area contributed by atoms with Crippen molar-refractivity contribution in [3.8, 4) is 17.1 Å². The normalized spacial score (nSPS) is 11.1. The van der Waals surface area contributed by atoms with Crippen LogP contribution in [0.2, 0.25) is 0 Å². The summed E-state index contributed by atoms with van der Waals surface area (Å²) in [6.45, 7) is -0.126. The molecule has 0 unspecified atom stereocenters. The number of hydrazone groups is 1. The van der Waals surface area contributed by atoms with Gasteiger partial charge in [0.05, 0.1) is 6.21 Å². The Morgan fingerprint density at radius 2 is 1.86 bits per heavy atom. The quantitative estimate of drug-likeness (QED) is 0.413. The van der Waals surface area contributed by atoms with Gasteiger partial charge in [0.25, 0.3) is 5.91 Å². The van der Waals surface area contributed by atoms with Crippen LogP contribution in [0.25, 0.3) is 22.2 Å². The van der Waals surface area contributed by atoms with Gasteiger partial charge in [-0.3, -0.25) is 4.79 Å². The summed E-state index contributed by atoms with van der Waals surface area (Å²) in [6, 6.07) is 20.4. The molecule has 8 heteroatoms. The van der Waals surface area contributed by atoms with Crippen molar-refractivity contribution in [2.24, 2.45) is 5.10 Å². The maximum atomic E-state index is 12.1. The number of hydrogen-bond donors (Lipinski definition) is 2. The molecule has 3 aromatic carbocycles. The molecular formula is C20H16N6O2. The van der Waals surface area contributed by atoms with Gasteiger partial charge < -0.3 is 5.11 Å². The van der Waals surface area contributed by atoms with E-state index >= 15 is 0 Å². The zero-order valence-electron chi connectivity index (χ0n) is 14.7. The van der Waals surface area contributed by atoms with Crippen LogP contribution in [-0.4, -0.2) is 37.4 Å². The topological polar surface area (TPSA) is 105 Å². The van der Waals surface area contributed by atoms with Gasteiger partial charge in [0.1, 0.15) is 12.3 Å². The molecule has 0 saturated carbocycles. The van der Waals surface area contributed by atoms with Crippen molar-refractivity contribution >= 4 is 22.9 Å². The second-order valence-electron chi connectivity index (χ2n) is 6.02. The minimum atomic E-state index is -0.409. The highest BCUT2D eigenvalue weighted by Gasteiger charge is 2.09. The molecule has 0 radical (unpaired) electrons. The van der Waals surface area contributed by atoms with Gasteiger partial charge in [0, 0.05) is 11.1 Å². The number of phenolic OH excluding ortho intramolecular Hbond substituents is 1. The van der Waals surface area contributed by atoms with Crippen LogP contribution >= 0.6 is 0 Å². The average molecular weight is 372 g/mol. The van der Waals surface area contributed by atoms with Crippen LogP contribution in [0.3, 0.4) is 0 Å². The molecule has 1 aromatic heterocycles. The Hall–Kier alpha value is -4.07. The standard InChI is InChI=1S/C20H16N6O2/c27-18-11-10-14-6-4-5-9-16(14)17(18)12-21-22-19(28)13-26-24-20(23-25-26)15-7-2-1-3-8-15/h1-12,27H,13H2,(H,22,28)/b21-12+. The number of amides is 1. The Morgan fingerprint density at radius 1 is 1.07 bits per heavy atom. The number of phenols is 1. The molecule has 1 amide bonds. The average Bonchev–Trinajstić information content (AvgIpc) is 3.19. The van der Waals surface area contributed by atoms with Gasteiger partial charge in [0.2, 0.25) is 5.82 Å². The number of fused-ring (bicyclic) bond motifs is 1. The van der Waals surface area contributed by atoms with E-state index in [4.69, 9.17) is 0 Å². The summed E-state index contributed by atoms with van der Waals surface area (Å²) < 4.78 is 0. The lowest BCUT2D eigenvalue weighted by atomic mass is 10.0. The fourth-order valence-corrected chi connectivity index (χ4v) is 2.77. The molecule has 0 aliphatic heterocycles. The van der Waals surface area contributed by atoms with Crippen LogP contribution in [0.5, 0.6) is 5.75 Å². The highest BCUT2D eigenvalue weighted by molar-refractivity contribution is 6.02. The van der Waals surface area contributed by atoms with Crippen molar-refractivity contribution in [2.45, 2.75) is 6.54 Å². The van der Waals surface area contributed by atoms with Gasteiger partial charge in [-0.05, 0) is 22.1 Å². The third-order valence-corrected chi connectivity index (χ3v) is 4.10. The van der Waals surface area contributed by atoms with Crippen LogP contribution < -0.4 is 5.43 Å². The monoisotopic (exact) mass is 372 g/mol. The number of hydrogen-bond acceptors (Lipinski definition) is 6. The van der Waals surface area contributed by atoms with Crippen molar-refractivity contribution in [1.29, 1.82) is 0 Å². The van der Waals surface area contributed by atoms with E-state index in [2.05, 4.69) is 25.9 Å². The van der Waals surface area contributed by atoms with Gasteiger partial charge in [-0.2, -0.15) is 9.90 Å². The Balaban J connectivity index is 1.43. The zero-order chi connectivity index (χ0) is 19.3. The van der Waals surface area contributed by atoms with Gasteiger partial charge >= 0.3 is 0 Å². The number of benzene rings is 3. The lowest BCUT2D eigenvalue weighted by molar-refractivity contribution is -0.122. The summed E-state index contributed by atoms with van der Waals surface area (Å²) in [5.74, 6) is 0.118. The minimum absolute atomic E-state index is 0.0853. The van der Waals surface area contributed by atoms with E-state index in [0.29, 0.717) is 11.4 Å². The smallest absolute Gasteiger partial charge is 0.263 e. The maximum absolute atomic E-state index is 12.1. The molecule has 1 heterocycles. The number of tetrazole rings is 1. The number of rotatable bonds is 5. The Labute approximate surface area is 160 Å². The molecule has 0 atom stereocenters. The summed E-state index contributed by atoms with van der Waals surface area (Å²) in [7, 11) is 0. The van der Waals surface area contributed by atoms with Crippen LogP contribution in [0.1, 0.15) is 5.56 Å². The molecular weight excluding hydrogens is 356 g/mol. The van der Waals surface area contributed by atoms with E-state index in [1.54, 1.807) is 6.07 Å². The largest absolute Gasteiger partial charge is 0.507 e. The second kappa shape index (κ2) is 7.67. The van der Waals surface area contributed by atoms with Gasteiger partial charge in [-0.15, -0.1) is 10.2 Å². The predicted octanol–water partition coefficient (Wildman–Crippen LogP) is 2.35. The molecule has 8 nitrogen and oxygen atoms in total. The van der Waals surface area contributed by atoms with Gasteiger partial charge in [-0.25, -0.2) is 5.43 Å². The molecule has 2 N–H and O–H groups in total. The molecule has 4 rings (SSSR count). The Kier molecular flexibility index (Phi) is 4.75. The fourth-order valence-electron chi connectivity index (χ4n) is 2.77. The molecule has 0 aliphatic rings. The van der Waals surface area contributed by atoms with Crippen LogP contribution in [0, 0.1) is 0 Å². The molecule has 138 valence electrons. The molecule has 0 saturated heterocycles. The SMILES string of the molecule is O=C(Cn1nnc(-c2ccccc2)n1)N/N=C/c1c(O)ccc2ccccc12. The van der Waals surface area contributed by atoms with Crippen LogP contribution in [-0.2, 0) is 11.3 Å². The molecule has 0 spiro atoms. The maximum Gasteiger partial charge on any atom is 0.263 e. The van der Waals surface area contributed by atoms with E-state index in [0.717, 1.165) is 16.3 Å². The highest BCUT2D eigenvalue weighted by Crippen LogP contribution is 2.25. The van der Waals surface area contributed by atoms with Crippen molar-refractivity contribution in [3.63, 3.8) is 0 Å². The van der Waals surface area contributed by atoms with E-state index < -0.39 is 5.91 Å². The fraction of sp³-hybridized carbons (Fsp3) is 0.0500. The first kappa shape index (κ1) is 17.3. The minimum Gasteiger partial charge on any atom is -0.507 e. The van der Waals surface area contributed by atoms with Crippen molar-refractivity contribution in [1.82, 2.24) is 25.6 Å². The van der Waals surface area contributed by atoms with E-state index in [-0.39, 0.29) is 12.3 Å². The van der Waals surface area contributed by atoms with Crippen molar-refractivity contribution in [2.75, 3.05) is 0 Å². The second-order valence-corrected chi connectivity index (χ2v) is 6.02. The summed E-state index contributed by atoms with van der Waals surface area (Å²) in [6.07, 6.45) is 1.42. The summed E-state index contributed by atoms with van der Waals surface area (Å²) in [5, 5.41) is 27.8. The lowest BCUT2D eigenvalue weighted by Gasteiger charge is -2.04. The Morgan fingerprint density at radius 3 is 2.71 bits per heavy atom. The number of nitrogens with one attached hydrogen (secondary N) is 1. The van der Waals surface area contributed by atoms with Crippen LogP contribution in [0.15, 0.2) is 71.8 Å². The van der Waals surface area contributed by atoms with Crippen molar-refractivity contribution < 1.29 is 9.90 Å². The van der Waals surface area contributed by atoms with Crippen LogP contribution in [0.4, 0.5) is 0 Å². The third-order valence-electron chi connectivity index (χ3n) is 4.10. The van der Waals surface area contributed by atoms with Gasteiger partial charge in [-0.1, -0.05) is 60.7 Å². The Bertz CT molecular complexity index is 1150. The van der Waals surface area contributed by atoms with E-state index in [1.807, 2.05) is 60.7 Å². The predicted molar refractivity (Wildman–Crippen MR) is 105 cm³/mol. The summed E-state index contributed by atoms with van der Waals surface area (Å²) in [5.41, 5.74) is 3.76. The number of carbonyl (C=O) groups excluding carboxylic acids is 1. The van der Waals surface area contributed by atoms with Gasteiger partial charge in [0.15, 0.2) is 0 Å². The summed E-state index contributed by atoms with van der Waals surface area (Å²) in [4.78, 5) is 13.3. The number of carbonyl (C=O) groups is 1.